The standard InChI is InChI=1S/C32H30N2O4S.Li/c1-22-8-6-7-11-26(22)28-20-23(14-16-27(28)31(35)34-29(32(36)37)18-19-39-2)12-13-24-15-17-30(33-21-24)38-25-9-4-3-5-10-25;/h3-17,20-21,29H,18-19H2,1-2H3,(H,34,35)(H,36,37);/q;+1/p-1/b13-12+;/t29-;/m0./s1. The Morgan fingerprint density at radius 2 is 1.65 bits per heavy atom. The summed E-state index contributed by atoms with van der Waals surface area (Å²) in [6, 6.07) is 25.4. The third kappa shape index (κ3) is 8.37. The van der Waals surface area contributed by atoms with Gasteiger partial charge in [-0.05, 0) is 83.5 Å². The number of ether oxygens (including phenoxy) is 1. The maximum absolute atomic E-state index is 13.2. The maximum atomic E-state index is 13.2. The van der Waals surface area contributed by atoms with E-state index in [0.29, 0.717) is 23.6 Å². The molecule has 0 saturated heterocycles. The van der Waals surface area contributed by atoms with E-state index < -0.39 is 17.9 Å². The van der Waals surface area contributed by atoms with E-state index in [-0.39, 0.29) is 18.9 Å². The molecule has 6 nitrogen and oxygen atoms in total. The Bertz CT molecular complexity index is 1460. The van der Waals surface area contributed by atoms with Crippen LogP contribution in [0.3, 0.4) is 0 Å². The Balaban J connectivity index is 0.00000441. The van der Waals surface area contributed by atoms with Crippen molar-refractivity contribution in [2.75, 3.05) is 12.0 Å². The minimum Gasteiger partial charge on any atom is -0.548 e. The first-order valence-electron chi connectivity index (χ1n) is 12.5. The van der Waals surface area contributed by atoms with Crippen molar-refractivity contribution in [2.45, 2.75) is 19.4 Å². The van der Waals surface area contributed by atoms with Gasteiger partial charge in [-0.15, -0.1) is 0 Å². The number of hydrogen-bond acceptors (Lipinski definition) is 6. The van der Waals surface area contributed by atoms with Gasteiger partial charge < -0.3 is 20.0 Å². The van der Waals surface area contributed by atoms with Gasteiger partial charge in [0.2, 0.25) is 5.88 Å². The number of aryl methyl sites for hydroxylation is 1. The predicted octanol–water partition coefficient (Wildman–Crippen LogP) is 2.63. The fourth-order valence-corrected chi connectivity index (χ4v) is 4.51. The van der Waals surface area contributed by atoms with E-state index >= 15 is 0 Å². The van der Waals surface area contributed by atoms with E-state index in [4.69, 9.17) is 4.74 Å². The summed E-state index contributed by atoms with van der Waals surface area (Å²) in [5, 5.41) is 14.3. The average Bonchev–Trinajstić information content (AvgIpc) is 2.95. The Kier molecular flexibility index (Phi) is 11.6. The van der Waals surface area contributed by atoms with Gasteiger partial charge in [-0.1, -0.05) is 60.7 Å². The molecule has 8 heteroatoms. The monoisotopic (exact) mass is 544 g/mol. The normalized spacial score (nSPS) is 11.4. The first kappa shape index (κ1) is 30.8. The molecule has 0 aliphatic heterocycles. The number of benzene rings is 3. The minimum atomic E-state index is -1.29. The van der Waals surface area contributed by atoms with Crippen LogP contribution in [-0.4, -0.2) is 34.9 Å². The molecule has 0 aliphatic carbocycles. The molecule has 3 aromatic carbocycles. The van der Waals surface area contributed by atoms with Crippen LogP contribution in [0.15, 0.2) is 91.1 Å². The Hall–Kier alpha value is -3.76. The van der Waals surface area contributed by atoms with Crippen LogP contribution in [0.25, 0.3) is 23.3 Å². The van der Waals surface area contributed by atoms with E-state index in [9.17, 15) is 14.7 Å². The fourth-order valence-electron chi connectivity index (χ4n) is 4.03. The quantitative estimate of drug-likeness (QED) is 0.292. The van der Waals surface area contributed by atoms with Gasteiger partial charge in [0.25, 0.3) is 5.91 Å². The second-order valence-corrected chi connectivity index (χ2v) is 9.91. The molecule has 1 amide bonds. The smallest absolute Gasteiger partial charge is 0.548 e. The van der Waals surface area contributed by atoms with Crippen LogP contribution in [0.2, 0.25) is 0 Å². The van der Waals surface area contributed by atoms with Gasteiger partial charge >= 0.3 is 18.9 Å². The summed E-state index contributed by atoms with van der Waals surface area (Å²) in [6.07, 6.45) is 7.79. The molecule has 0 spiro atoms. The summed E-state index contributed by atoms with van der Waals surface area (Å²) in [7, 11) is 0. The number of carbonyl (C=O) groups excluding carboxylic acids is 2. The summed E-state index contributed by atoms with van der Waals surface area (Å²) in [6.45, 7) is 1.98. The molecule has 1 aromatic heterocycles. The first-order chi connectivity index (χ1) is 18.9. The molecule has 0 saturated carbocycles. The molecule has 0 unspecified atom stereocenters. The van der Waals surface area contributed by atoms with Crippen LogP contribution in [0.1, 0.15) is 33.5 Å². The van der Waals surface area contributed by atoms with E-state index in [1.54, 1.807) is 12.3 Å². The van der Waals surface area contributed by atoms with Crippen LogP contribution < -0.4 is 34.0 Å². The number of rotatable bonds is 11. The molecule has 40 heavy (non-hydrogen) atoms. The Morgan fingerprint density at radius 1 is 0.950 bits per heavy atom. The molecule has 0 fully saturated rings. The molecule has 198 valence electrons. The van der Waals surface area contributed by atoms with Gasteiger partial charge in [-0.3, -0.25) is 4.79 Å². The zero-order chi connectivity index (χ0) is 27.6. The van der Waals surface area contributed by atoms with Crippen molar-refractivity contribution in [3.05, 3.63) is 113 Å². The number of nitrogens with one attached hydrogen (secondary N) is 1. The first-order valence-corrected chi connectivity index (χ1v) is 13.9. The number of pyridine rings is 1. The van der Waals surface area contributed by atoms with Crippen molar-refractivity contribution in [3.63, 3.8) is 0 Å². The Morgan fingerprint density at radius 3 is 2.33 bits per heavy atom. The van der Waals surface area contributed by atoms with Crippen molar-refractivity contribution in [1.29, 1.82) is 0 Å². The van der Waals surface area contributed by atoms with Crippen molar-refractivity contribution < 1.29 is 38.3 Å². The second kappa shape index (κ2) is 15.1. The van der Waals surface area contributed by atoms with Gasteiger partial charge in [-0.25, -0.2) is 4.98 Å². The number of aromatic nitrogens is 1. The van der Waals surface area contributed by atoms with Crippen LogP contribution in [0, 0.1) is 6.92 Å². The second-order valence-electron chi connectivity index (χ2n) is 8.92. The van der Waals surface area contributed by atoms with Crippen molar-refractivity contribution in [3.8, 4) is 22.8 Å². The fraction of sp³-hybridized carbons (Fsp3) is 0.156. The molecular formula is C32H29LiN2O4S. The van der Waals surface area contributed by atoms with Crippen LogP contribution >= 0.6 is 11.8 Å². The SMILES string of the molecule is CSCC[C@H](NC(=O)c1ccc(/C=C/c2ccc(Oc3ccccc3)nc2)cc1-c1ccccc1C)C(=O)[O-].[Li+]. The van der Waals surface area contributed by atoms with Gasteiger partial charge in [0.1, 0.15) is 5.75 Å². The molecule has 0 radical (unpaired) electrons. The zero-order valence-corrected chi connectivity index (χ0v) is 23.6. The zero-order valence-electron chi connectivity index (χ0n) is 22.8. The summed E-state index contributed by atoms with van der Waals surface area (Å²) in [5.41, 5.74) is 4.80. The third-order valence-electron chi connectivity index (χ3n) is 6.12. The van der Waals surface area contributed by atoms with E-state index in [2.05, 4.69) is 10.3 Å². The van der Waals surface area contributed by atoms with Gasteiger partial charge in [0, 0.05) is 17.8 Å². The van der Waals surface area contributed by atoms with E-state index in [1.807, 2.05) is 104 Å². The van der Waals surface area contributed by atoms with Crippen LogP contribution in [-0.2, 0) is 4.79 Å². The van der Waals surface area contributed by atoms with Gasteiger partial charge in [-0.2, -0.15) is 11.8 Å². The van der Waals surface area contributed by atoms with Crippen molar-refractivity contribution in [1.82, 2.24) is 10.3 Å². The molecule has 1 atom stereocenters. The number of carboxylic acids is 1. The topological polar surface area (TPSA) is 91.3 Å². The molecule has 1 N–H and O–H groups in total. The number of nitrogens with zero attached hydrogens (tertiary/aromatic N) is 1. The summed E-state index contributed by atoms with van der Waals surface area (Å²) < 4.78 is 5.76. The number of aliphatic carboxylic acids is 1. The minimum absolute atomic E-state index is 0. The molecule has 4 aromatic rings. The largest absolute Gasteiger partial charge is 1.00 e. The molecular weight excluding hydrogens is 515 g/mol. The van der Waals surface area contributed by atoms with E-state index in [1.165, 1.54) is 11.8 Å². The van der Waals surface area contributed by atoms with Crippen molar-refractivity contribution >= 4 is 35.8 Å². The molecule has 0 aliphatic rings. The summed E-state index contributed by atoms with van der Waals surface area (Å²) in [5.74, 6) is 0.0846. The number of amides is 1. The number of thioether (sulfide) groups is 1. The van der Waals surface area contributed by atoms with Gasteiger partial charge in [0.15, 0.2) is 0 Å². The molecule has 1 heterocycles. The Labute approximate surface area is 251 Å². The average molecular weight is 545 g/mol. The molecule has 4 rings (SSSR count). The molecule has 0 bridgehead atoms. The van der Waals surface area contributed by atoms with Crippen molar-refractivity contribution in [2.24, 2.45) is 0 Å². The van der Waals surface area contributed by atoms with E-state index in [0.717, 1.165) is 33.6 Å². The number of para-hydroxylation sites is 1. The third-order valence-corrected chi connectivity index (χ3v) is 6.76. The van der Waals surface area contributed by atoms with Crippen LogP contribution in [0.5, 0.6) is 11.6 Å². The number of carbonyl (C=O) groups is 2. The number of hydrogen-bond donors (Lipinski definition) is 1. The van der Waals surface area contributed by atoms with Crippen LogP contribution in [0.4, 0.5) is 0 Å². The maximum Gasteiger partial charge on any atom is 1.00 e. The summed E-state index contributed by atoms with van der Waals surface area (Å²) >= 11 is 1.52. The predicted molar refractivity (Wildman–Crippen MR) is 156 cm³/mol. The van der Waals surface area contributed by atoms with Gasteiger partial charge in [0.05, 0.1) is 12.0 Å². The number of carboxylic acid groups (broad SMARTS) is 1. The summed E-state index contributed by atoms with van der Waals surface area (Å²) in [4.78, 5) is 29.2.